The van der Waals surface area contributed by atoms with Crippen LogP contribution in [0.25, 0.3) is 0 Å². The van der Waals surface area contributed by atoms with Crippen LogP contribution in [0.2, 0.25) is 0 Å². The topological polar surface area (TPSA) is 60.1 Å². The number of fused-ring (bicyclic) bond motifs is 1. The minimum atomic E-state index is -0.216. The zero-order chi connectivity index (χ0) is 15.9. The molecule has 3 heterocycles. The summed E-state index contributed by atoms with van der Waals surface area (Å²) in [4.78, 5) is 31.0. The Morgan fingerprint density at radius 1 is 1.36 bits per heavy atom. The third-order valence-electron chi connectivity index (χ3n) is 4.37. The SMILES string of the molecule is CCc1c(C)cc(C(=O)N2CCn3cncc3C2)c(=O)n1C. The number of nitrogens with zero attached hydrogens (tertiary/aromatic N) is 4. The Balaban J connectivity index is 1.95. The maximum absolute atomic E-state index is 12.7. The molecule has 1 amide bonds. The van der Waals surface area contributed by atoms with E-state index < -0.39 is 0 Å². The van der Waals surface area contributed by atoms with E-state index in [2.05, 4.69) is 4.98 Å². The molecule has 0 unspecified atom stereocenters. The van der Waals surface area contributed by atoms with E-state index in [1.807, 2.05) is 18.4 Å². The van der Waals surface area contributed by atoms with E-state index in [4.69, 9.17) is 0 Å². The molecule has 0 saturated heterocycles. The number of pyridine rings is 1. The molecular formula is C16H20N4O2. The van der Waals surface area contributed by atoms with Gasteiger partial charge in [0.05, 0.1) is 18.6 Å². The van der Waals surface area contributed by atoms with E-state index >= 15 is 0 Å². The van der Waals surface area contributed by atoms with E-state index in [-0.39, 0.29) is 17.0 Å². The average Bonchev–Trinajstić information content (AvgIpc) is 2.98. The van der Waals surface area contributed by atoms with E-state index in [0.717, 1.165) is 23.4 Å². The summed E-state index contributed by atoms with van der Waals surface area (Å²) in [7, 11) is 1.73. The van der Waals surface area contributed by atoms with Gasteiger partial charge in [-0.15, -0.1) is 0 Å². The lowest BCUT2D eigenvalue weighted by Crippen LogP contribution is -2.41. The molecule has 0 bridgehead atoms. The smallest absolute Gasteiger partial charge is 0.263 e. The standard InChI is InChI=1S/C16H20N4O2/c1-4-14-11(2)7-13(15(21)18(14)3)16(22)19-5-6-20-10-17-8-12(20)9-19/h7-8,10H,4-6,9H2,1-3H3. The van der Waals surface area contributed by atoms with Crippen LogP contribution in [-0.4, -0.2) is 31.5 Å². The first-order valence-electron chi connectivity index (χ1n) is 7.50. The quantitative estimate of drug-likeness (QED) is 0.834. The number of imidazole rings is 1. The third kappa shape index (κ3) is 2.24. The molecule has 1 aliphatic rings. The zero-order valence-corrected chi connectivity index (χ0v) is 13.2. The molecule has 0 spiro atoms. The monoisotopic (exact) mass is 300 g/mol. The first-order valence-corrected chi connectivity index (χ1v) is 7.50. The summed E-state index contributed by atoms with van der Waals surface area (Å²) in [6, 6.07) is 1.73. The van der Waals surface area contributed by atoms with Gasteiger partial charge in [-0.1, -0.05) is 6.92 Å². The van der Waals surface area contributed by atoms with Crippen molar-refractivity contribution in [1.82, 2.24) is 19.0 Å². The largest absolute Gasteiger partial charge is 0.331 e. The van der Waals surface area contributed by atoms with Gasteiger partial charge in [-0.25, -0.2) is 4.98 Å². The zero-order valence-electron chi connectivity index (χ0n) is 13.2. The summed E-state index contributed by atoms with van der Waals surface area (Å²) < 4.78 is 3.63. The number of aromatic nitrogens is 3. The van der Waals surface area contributed by atoms with Crippen molar-refractivity contribution in [2.75, 3.05) is 6.54 Å². The van der Waals surface area contributed by atoms with Gasteiger partial charge in [-0.3, -0.25) is 9.59 Å². The van der Waals surface area contributed by atoms with E-state index in [1.165, 1.54) is 0 Å². The van der Waals surface area contributed by atoms with E-state index in [9.17, 15) is 9.59 Å². The molecule has 0 saturated carbocycles. The first-order chi connectivity index (χ1) is 10.5. The molecule has 6 nitrogen and oxygen atoms in total. The van der Waals surface area contributed by atoms with Crippen LogP contribution >= 0.6 is 0 Å². The highest BCUT2D eigenvalue weighted by atomic mass is 16.2. The molecule has 0 N–H and O–H groups in total. The lowest BCUT2D eigenvalue weighted by molar-refractivity contribution is 0.0708. The molecule has 0 aliphatic carbocycles. The summed E-state index contributed by atoms with van der Waals surface area (Å²) >= 11 is 0. The van der Waals surface area contributed by atoms with Gasteiger partial charge in [0.2, 0.25) is 0 Å². The Labute approximate surface area is 129 Å². The van der Waals surface area contributed by atoms with Gasteiger partial charge in [-0.05, 0) is 25.0 Å². The number of hydrogen-bond acceptors (Lipinski definition) is 3. The van der Waals surface area contributed by atoms with Gasteiger partial charge in [0.1, 0.15) is 5.56 Å². The van der Waals surface area contributed by atoms with Crippen molar-refractivity contribution < 1.29 is 4.79 Å². The van der Waals surface area contributed by atoms with Crippen LogP contribution in [-0.2, 0) is 26.6 Å². The predicted octanol–water partition coefficient (Wildman–Crippen LogP) is 1.11. The van der Waals surface area contributed by atoms with Crippen molar-refractivity contribution in [1.29, 1.82) is 0 Å². The van der Waals surface area contributed by atoms with Gasteiger partial charge in [0.25, 0.3) is 11.5 Å². The van der Waals surface area contributed by atoms with Crippen molar-refractivity contribution in [2.24, 2.45) is 7.05 Å². The van der Waals surface area contributed by atoms with Crippen molar-refractivity contribution in [2.45, 2.75) is 33.4 Å². The lowest BCUT2D eigenvalue weighted by atomic mass is 10.1. The molecule has 0 fully saturated rings. The van der Waals surface area contributed by atoms with Crippen molar-refractivity contribution >= 4 is 5.91 Å². The summed E-state index contributed by atoms with van der Waals surface area (Å²) in [5.74, 6) is -0.196. The van der Waals surface area contributed by atoms with Crippen LogP contribution in [0.1, 0.15) is 34.2 Å². The second-order valence-electron chi connectivity index (χ2n) is 5.71. The lowest BCUT2D eigenvalue weighted by Gasteiger charge is -2.28. The third-order valence-corrected chi connectivity index (χ3v) is 4.37. The minimum Gasteiger partial charge on any atom is -0.331 e. The van der Waals surface area contributed by atoms with E-state index in [0.29, 0.717) is 19.6 Å². The molecule has 2 aromatic rings. The summed E-state index contributed by atoms with van der Waals surface area (Å²) in [6.07, 6.45) is 4.31. The fraction of sp³-hybridized carbons (Fsp3) is 0.438. The average molecular weight is 300 g/mol. The maximum Gasteiger partial charge on any atom is 0.263 e. The van der Waals surface area contributed by atoms with E-state index in [1.54, 1.807) is 35.1 Å². The van der Waals surface area contributed by atoms with Gasteiger partial charge < -0.3 is 14.0 Å². The normalized spacial score (nSPS) is 14.0. The Hall–Kier alpha value is -2.37. The highest BCUT2D eigenvalue weighted by Gasteiger charge is 2.25. The van der Waals surface area contributed by atoms with Crippen molar-refractivity contribution in [3.8, 4) is 0 Å². The number of rotatable bonds is 2. The summed E-state index contributed by atoms with van der Waals surface area (Å²) in [5.41, 5.74) is 2.99. The number of aryl methyl sites for hydroxylation is 1. The Morgan fingerprint density at radius 3 is 2.86 bits per heavy atom. The van der Waals surface area contributed by atoms with Crippen LogP contribution in [0, 0.1) is 6.92 Å². The molecule has 0 aromatic carbocycles. The summed E-state index contributed by atoms with van der Waals surface area (Å²) in [6.45, 7) is 5.76. The van der Waals surface area contributed by atoms with Crippen LogP contribution in [0.4, 0.5) is 0 Å². The molecule has 0 atom stereocenters. The highest BCUT2D eigenvalue weighted by molar-refractivity contribution is 5.94. The predicted molar refractivity (Wildman–Crippen MR) is 82.8 cm³/mol. The molecule has 22 heavy (non-hydrogen) atoms. The van der Waals surface area contributed by atoms with Gasteiger partial charge in [-0.2, -0.15) is 0 Å². The molecule has 1 aliphatic heterocycles. The number of amides is 1. The van der Waals surface area contributed by atoms with Crippen LogP contribution < -0.4 is 5.56 Å². The number of carbonyl (C=O) groups excluding carboxylic acids is 1. The minimum absolute atomic E-state index is 0.196. The van der Waals surface area contributed by atoms with Gasteiger partial charge >= 0.3 is 0 Å². The molecule has 2 aromatic heterocycles. The van der Waals surface area contributed by atoms with Crippen LogP contribution in [0.15, 0.2) is 23.4 Å². The summed E-state index contributed by atoms with van der Waals surface area (Å²) in [5, 5.41) is 0. The van der Waals surface area contributed by atoms with Gasteiger partial charge in [0, 0.05) is 32.0 Å². The Bertz CT molecular complexity index is 788. The Kier molecular flexibility index (Phi) is 3.60. The Morgan fingerprint density at radius 2 is 2.14 bits per heavy atom. The fourth-order valence-electron chi connectivity index (χ4n) is 3.13. The maximum atomic E-state index is 12.7. The molecular weight excluding hydrogens is 280 g/mol. The van der Waals surface area contributed by atoms with Crippen molar-refractivity contribution in [3.05, 3.63) is 51.5 Å². The molecule has 6 heteroatoms. The van der Waals surface area contributed by atoms with Crippen LogP contribution in [0.3, 0.4) is 0 Å². The molecule has 0 radical (unpaired) electrons. The first kappa shape index (κ1) is 14.6. The second-order valence-corrected chi connectivity index (χ2v) is 5.71. The fourth-order valence-corrected chi connectivity index (χ4v) is 3.13. The highest BCUT2D eigenvalue weighted by Crippen LogP contribution is 2.15. The molecule has 116 valence electrons. The van der Waals surface area contributed by atoms with Gasteiger partial charge in [0.15, 0.2) is 0 Å². The van der Waals surface area contributed by atoms with Crippen LogP contribution in [0.5, 0.6) is 0 Å². The van der Waals surface area contributed by atoms with Crippen molar-refractivity contribution in [3.63, 3.8) is 0 Å². The molecule has 3 rings (SSSR count). The number of hydrogen-bond donors (Lipinski definition) is 0. The second kappa shape index (κ2) is 5.44. The number of carbonyl (C=O) groups is 1.